The van der Waals surface area contributed by atoms with Crippen LogP contribution in [0.15, 0.2) is 36.7 Å². The lowest BCUT2D eigenvalue weighted by Gasteiger charge is -2.41. The molecule has 0 bridgehead atoms. The van der Waals surface area contributed by atoms with Crippen LogP contribution in [-0.2, 0) is 11.3 Å². The molecule has 0 radical (unpaired) electrons. The lowest BCUT2D eigenvalue weighted by molar-refractivity contribution is -0.121. The summed E-state index contributed by atoms with van der Waals surface area (Å²) in [6.07, 6.45) is 8.95. The first-order valence-electron chi connectivity index (χ1n) is 9.83. The van der Waals surface area contributed by atoms with Crippen molar-refractivity contribution in [3.63, 3.8) is 0 Å². The summed E-state index contributed by atoms with van der Waals surface area (Å²) >= 11 is 0. The van der Waals surface area contributed by atoms with Gasteiger partial charge in [0.1, 0.15) is 5.75 Å². The smallest absolute Gasteiger partial charge is 0.220 e. The number of ether oxygens (including phenoxy) is 1. The molecule has 0 unspecified atom stereocenters. The number of hydrogen-bond acceptors (Lipinski definition) is 4. The Kier molecular flexibility index (Phi) is 5.16. The topological polar surface area (TPSA) is 59.4 Å². The first-order valence-corrected chi connectivity index (χ1v) is 9.83. The molecule has 6 nitrogen and oxygen atoms in total. The van der Waals surface area contributed by atoms with Crippen molar-refractivity contribution in [2.45, 2.75) is 38.6 Å². The largest absolute Gasteiger partial charge is 0.497 e. The number of benzene rings is 1. The summed E-state index contributed by atoms with van der Waals surface area (Å²) in [5.41, 5.74) is 2.67. The third-order valence-electron chi connectivity index (χ3n) is 6.21. The number of likely N-dealkylation sites (tertiary alicyclic amines) is 1. The van der Waals surface area contributed by atoms with Gasteiger partial charge >= 0.3 is 0 Å². The zero-order valence-electron chi connectivity index (χ0n) is 16.0. The van der Waals surface area contributed by atoms with Gasteiger partial charge in [-0.25, -0.2) is 4.68 Å². The number of rotatable bonds is 4. The lowest BCUT2D eigenvalue weighted by atomic mass is 9.73. The van der Waals surface area contributed by atoms with Gasteiger partial charge in [0, 0.05) is 31.9 Å². The number of carbonyl (C=O) groups is 1. The second kappa shape index (κ2) is 7.72. The maximum Gasteiger partial charge on any atom is 0.220 e. The molecule has 2 aromatic rings. The molecule has 0 aliphatic carbocycles. The van der Waals surface area contributed by atoms with Crippen LogP contribution < -0.4 is 10.1 Å². The molecule has 6 heteroatoms. The number of nitrogens with zero attached hydrogens (tertiary/aromatic N) is 3. The fourth-order valence-corrected chi connectivity index (χ4v) is 4.44. The minimum Gasteiger partial charge on any atom is -0.497 e. The van der Waals surface area contributed by atoms with E-state index in [-0.39, 0.29) is 5.91 Å². The zero-order valence-corrected chi connectivity index (χ0v) is 16.0. The monoisotopic (exact) mass is 368 g/mol. The molecule has 0 saturated carbocycles. The van der Waals surface area contributed by atoms with E-state index in [1.807, 2.05) is 23.0 Å². The SMILES string of the molecule is COc1ccc(-n2cccn2)c(CN2CCC3(CCNC(=O)CC3)CC2)c1. The van der Waals surface area contributed by atoms with Crippen LogP contribution in [0, 0.1) is 5.41 Å². The average Bonchev–Trinajstić information content (AvgIpc) is 3.16. The quantitative estimate of drug-likeness (QED) is 0.902. The molecule has 0 atom stereocenters. The molecule has 2 aliphatic rings. The van der Waals surface area contributed by atoms with E-state index in [1.54, 1.807) is 13.3 Å². The summed E-state index contributed by atoms with van der Waals surface area (Å²) in [6.45, 7) is 3.87. The minimum atomic E-state index is 0.217. The van der Waals surface area contributed by atoms with Gasteiger partial charge in [0.2, 0.25) is 5.91 Å². The molecule has 2 saturated heterocycles. The third-order valence-corrected chi connectivity index (χ3v) is 6.21. The van der Waals surface area contributed by atoms with Crippen LogP contribution >= 0.6 is 0 Å². The summed E-state index contributed by atoms with van der Waals surface area (Å²) in [6, 6.07) is 8.13. The van der Waals surface area contributed by atoms with E-state index in [1.165, 1.54) is 18.4 Å². The number of piperidine rings is 1. The Morgan fingerprint density at radius 2 is 2.07 bits per heavy atom. The van der Waals surface area contributed by atoms with E-state index in [0.29, 0.717) is 11.8 Å². The highest BCUT2D eigenvalue weighted by Crippen LogP contribution is 2.40. The van der Waals surface area contributed by atoms with Gasteiger partial charge in [-0.15, -0.1) is 0 Å². The summed E-state index contributed by atoms with van der Waals surface area (Å²) in [5.74, 6) is 1.09. The summed E-state index contributed by atoms with van der Waals surface area (Å²) in [4.78, 5) is 14.2. The van der Waals surface area contributed by atoms with Crippen molar-refractivity contribution in [1.29, 1.82) is 0 Å². The predicted octanol–water partition coefficient (Wildman–Crippen LogP) is 2.76. The third kappa shape index (κ3) is 4.00. The Balaban J connectivity index is 1.46. The van der Waals surface area contributed by atoms with Crippen LogP contribution in [0.3, 0.4) is 0 Å². The van der Waals surface area contributed by atoms with Crippen LogP contribution in [0.25, 0.3) is 5.69 Å². The highest BCUT2D eigenvalue weighted by atomic mass is 16.5. The number of amides is 1. The molecule has 2 fully saturated rings. The van der Waals surface area contributed by atoms with Gasteiger partial charge in [0.15, 0.2) is 0 Å². The summed E-state index contributed by atoms with van der Waals surface area (Å²) < 4.78 is 7.36. The Morgan fingerprint density at radius 3 is 2.81 bits per heavy atom. The Labute approximate surface area is 160 Å². The number of hydrogen-bond donors (Lipinski definition) is 1. The molecule has 2 aliphatic heterocycles. The normalized spacial score (nSPS) is 20.3. The zero-order chi connectivity index (χ0) is 18.7. The van der Waals surface area contributed by atoms with E-state index in [0.717, 1.165) is 50.5 Å². The number of methoxy groups -OCH3 is 1. The van der Waals surface area contributed by atoms with E-state index < -0.39 is 0 Å². The second-order valence-corrected chi connectivity index (χ2v) is 7.82. The van der Waals surface area contributed by atoms with E-state index in [9.17, 15) is 4.79 Å². The van der Waals surface area contributed by atoms with Gasteiger partial charge in [-0.2, -0.15) is 5.10 Å². The first kappa shape index (κ1) is 18.0. The molecule has 27 heavy (non-hydrogen) atoms. The van der Waals surface area contributed by atoms with Gasteiger partial charge in [0.25, 0.3) is 0 Å². The Morgan fingerprint density at radius 1 is 1.22 bits per heavy atom. The van der Waals surface area contributed by atoms with Gasteiger partial charge in [-0.1, -0.05) is 0 Å². The maximum atomic E-state index is 11.7. The van der Waals surface area contributed by atoms with Crippen LogP contribution in [-0.4, -0.2) is 47.3 Å². The average molecular weight is 368 g/mol. The van der Waals surface area contributed by atoms with Gasteiger partial charge < -0.3 is 10.1 Å². The molecule has 1 aromatic heterocycles. The van der Waals surface area contributed by atoms with E-state index >= 15 is 0 Å². The number of carbonyl (C=O) groups excluding carboxylic acids is 1. The summed E-state index contributed by atoms with van der Waals surface area (Å²) in [7, 11) is 1.71. The molecule has 1 aromatic carbocycles. The molecular formula is C21H28N4O2. The van der Waals surface area contributed by atoms with Crippen LogP contribution in [0.1, 0.15) is 37.7 Å². The molecule has 4 rings (SSSR count). The molecule has 144 valence electrons. The Bertz CT molecular complexity index is 779. The minimum absolute atomic E-state index is 0.217. The number of nitrogens with one attached hydrogen (secondary N) is 1. The van der Waals surface area contributed by atoms with Crippen molar-refractivity contribution in [3.8, 4) is 11.4 Å². The van der Waals surface area contributed by atoms with Crippen molar-refractivity contribution in [2.24, 2.45) is 5.41 Å². The fourth-order valence-electron chi connectivity index (χ4n) is 4.44. The van der Waals surface area contributed by atoms with Gasteiger partial charge in [-0.3, -0.25) is 9.69 Å². The van der Waals surface area contributed by atoms with Crippen LogP contribution in [0.4, 0.5) is 0 Å². The van der Waals surface area contributed by atoms with Crippen molar-refractivity contribution in [2.75, 3.05) is 26.7 Å². The first-order chi connectivity index (χ1) is 13.2. The predicted molar refractivity (Wildman–Crippen MR) is 104 cm³/mol. The molecular weight excluding hydrogens is 340 g/mol. The van der Waals surface area contributed by atoms with Crippen molar-refractivity contribution in [3.05, 3.63) is 42.2 Å². The van der Waals surface area contributed by atoms with Gasteiger partial charge in [0.05, 0.1) is 12.8 Å². The molecule has 3 heterocycles. The lowest BCUT2D eigenvalue weighted by Crippen LogP contribution is -2.40. The van der Waals surface area contributed by atoms with Crippen LogP contribution in [0.2, 0.25) is 0 Å². The fraction of sp³-hybridized carbons (Fsp3) is 0.524. The highest BCUT2D eigenvalue weighted by molar-refractivity contribution is 5.76. The van der Waals surface area contributed by atoms with Crippen molar-refractivity contribution >= 4 is 5.91 Å². The number of aromatic nitrogens is 2. The van der Waals surface area contributed by atoms with Crippen molar-refractivity contribution in [1.82, 2.24) is 20.0 Å². The highest BCUT2D eigenvalue weighted by Gasteiger charge is 2.36. The van der Waals surface area contributed by atoms with E-state index in [4.69, 9.17) is 4.74 Å². The summed E-state index contributed by atoms with van der Waals surface area (Å²) in [5, 5.41) is 7.43. The maximum absolute atomic E-state index is 11.7. The Hall–Kier alpha value is -2.34. The second-order valence-electron chi connectivity index (χ2n) is 7.82. The molecule has 1 N–H and O–H groups in total. The van der Waals surface area contributed by atoms with Crippen molar-refractivity contribution < 1.29 is 9.53 Å². The van der Waals surface area contributed by atoms with E-state index in [2.05, 4.69) is 27.4 Å². The molecule has 1 amide bonds. The van der Waals surface area contributed by atoms with Crippen LogP contribution in [0.5, 0.6) is 5.75 Å². The van der Waals surface area contributed by atoms with Gasteiger partial charge in [-0.05, 0) is 74.0 Å². The molecule has 1 spiro atoms. The standard InChI is InChI=1S/C21H28N4O2/c1-27-18-3-4-19(25-12-2-10-23-25)17(15-18)16-24-13-8-21(9-14-24)6-5-20(26)22-11-7-21/h2-4,10,12,15H,5-9,11,13-14,16H2,1H3,(H,22,26).